The highest BCUT2D eigenvalue weighted by atomic mass is 79.9. The average molecular weight is 371 g/mol. The van der Waals surface area contributed by atoms with Crippen LogP contribution in [0.2, 0.25) is 5.02 Å². The summed E-state index contributed by atoms with van der Waals surface area (Å²) >= 11 is 9.29. The topological polar surface area (TPSA) is 41.5 Å². The zero-order chi connectivity index (χ0) is 15.2. The minimum atomic E-state index is -0.597. The van der Waals surface area contributed by atoms with E-state index in [0.29, 0.717) is 11.6 Å². The number of aliphatic hydroxyl groups is 1. The molecular weight excluding hydrogens is 354 g/mol. The van der Waals surface area contributed by atoms with E-state index in [0.717, 1.165) is 15.9 Å². The predicted octanol–water partition coefficient (Wildman–Crippen LogP) is 4.26. The first-order valence-electron chi connectivity index (χ1n) is 6.61. The van der Waals surface area contributed by atoms with Gasteiger partial charge in [-0.3, -0.25) is 0 Å². The van der Waals surface area contributed by atoms with Gasteiger partial charge in [-0.15, -0.1) is 0 Å². The fraction of sp³-hybridized carbons (Fsp3) is 0.250. The summed E-state index contributed by atoms with van der Waals surface area (Å²) in [5, 5.41) is 13.7. The molecule has 0 aliphatic rings. The highest BCUT2D eigenvalue weighted by Gasteiger charge is 2.06. The Bertz CT molecular complexity index is 589. The van der Waals surface area contributed by atoms with Crippen molar-refractivity contribution < 1.29 is 9.84 Å². The minimum Gasteiger partial charge on any atom is -0.491 e. The highest BCUT2D eigenvalue weighted by molar-refractivity contribution is 9.10. The van der Waals surface area contributed by atoms with Crippen LogP contribution in [0, 0.1) is 6.92 Å². The first-order valence-corrected chi connectivity index (χ1v) is 7.78. The van der Waals surface area contributed by atoms with Crippen LogP contribution >= 0.6 is 27.5 Å². The van der Waals surface area contributed by atoms with E-state index < -0.39 is 6.10 Å². The molecule has 0 bridgehead atoms. The smallest absolute Gasteiger partial charge is 0.119 e. The van der Waals surface area contributed by atoms with Crippen LogP contribution in [0.25, 0.3) is 0 Å². The van der Waals surface area contributed by atoms with Gasteiger partial charge in [-0.2, -0.15) is 0 Å². The van der Waals surface area contributed by atoms with Crippen molar-refractivity contribution in [2.75, 3.05) is 18.5 Å². The van der Waals surface area contributed by atoms with Gasteiger partial charge in [0.05, 0.1) is 5.02 Å². The monoisotopic (exact) mass is 369 g/mol. The van der Waals surface area contributed by atoms with Crippen molar-refractivity contribution in [3.8, 4) is 5.75 Å². The Hall–Kier alpha value is -1.23. The molecule has 0 aliphatic heterocycles. The standard InChI is InChI=1S/C16H17BrClNO2/c1-11-2-5-14(6-3-11)21-10-13(20)9-19-12-4-7-16(18)15(17)8-12/h2-8,13,19-20H,9-10H2,1H3. The van der Waals surface area contributed by atoms with Gasteiger partial charge in [-0.25, -0.2) is 0 Å². The molecule has 21 heavy (non-hydrogen) atoms. The molecule has 0 aliphatic carbocycles. The number of nitrogens with one attached hydrogen (secondary N) is 1. The molecule has 2 aromatic rings. The summed E-state index contributed by atoms with van der Waals surface area (Å²) in [6.45, 7) is 2.66. The van der Waals surface area contributed by atoms with Crippen molar-refractivity contribution in [2.24, 2.45) is 0 Å². The van der Waals surface area contributed by atoms with Crippen LogP contribution in [0.1, 0.15) is 5.56 Å². The normalized spacial score (nSPS) is 12.0. The summed E-state index contributed by atoms with van der Waals surface area (Å²) in [7, 11) is 0. The Kier molecular flexibility index (Phi) is 5.91. The zero-order valence-corrected chi connectivity index (χ0v) is 14.0. The molecule has 1 atom stereocenters. The fourth-order valence-electron chi connectivity index (χ4n) is 1.73. The molecule has 112 valence electrons. The summed E-state index contributed by atoms with van der Waals surface area (Å²) in [6, 6.07) is 13.3. The van der Waals surface area contributed by atoms with Crippen molar-refractivity contribution in [3.05, 3.63) is 57.5 Å². The Labute approximate surface area is 138 Å². The molecule has 2 aromatic carbocycles. The molecule has 2 rings (SSSR count). The van der Waals surface area contributed by atoms with Crippen LogP contribution in [0.3, 0.4) is 0 Å². The van der Waals surface area contributed by atoms with Gasteiger partial charge in [0.15, 0.2) is 0 Å². The molecule has 0 radical (unpaired) electrons. The molecule has 0 heterocycles. The van der Waals surface area contributed by atoms with E-state index in [1.807, 2.05) is 43.3 Å². The van der Waals surface area contributed by atoms with Gasteiger partial charge in [0.2, 0.25) is 0 Å². The first kappa shape index (κ1) is 16.1. The summed E-state index contributed by atoms with van der Waals surface area (Å²) in [5.74, 6) is 0.758. The third-order valence-corrected chi connectivity index (χ3v) is 4.14. The molecule has 0 fully saturated rings. The lowest BCUT2D eigenvalue weighted by atomic mass is 10.2. The number of ether oxygens (including phenoxy) is 1. The van der Waals surface area contributed by atoms with E-state index in [-0.39, 0.29) is 6.61 Å². The number of hydrogen-bond acceptors (Lipinski definition) is 3. The van der Waals surface area contributed by atoms with Gasteiger partial charge < -0.3 is 15.2 Å². The molecule has 0 saturated heterocycles. The number of aryl methyl sites for hydroxylation is 1. The maximum absolute atomic E-state index is 9.93. The number of anilines is 1. The maximum atomic E-state index is 9.93. The third kappa shape index (κ3) is 5.23. The Morgan fingerprint density at radius 3 is 2.62 bits per heavy atom. The lowest BCUT2D eigenvalue weighted by Gasteiger charge is -2.14. The SMILES string of the molecule is Cc1ccc(OCC(O)CNc2ccc(Cl)c(Br)c2)cc1. The van der Waals surface area contributed by atoms with E-state index in [2.05, 4.69) is 21.2 Å². The molecular formula is C16H17BrClNO2. The summed E-state index contributed by atoms with van der Waals surface area (Å²) in [4.78, 5) is 0. The summed E-state index contributed by atoms with van der Waals surface area (Å²) in [6.07, 6.45) is -0.597. The van der Waals surface area contributed by atoms with Crippen LogP contribution in [0.5, 0.6) is 5.75 Å². The Morgan fingerprint density at radius 2 is 1.95 bits per heavy atom. The Balaban J connectivity index is 1.77. The van der Waals surface area contributed by atoms with Gasteiger partial charge in [-0.1, -0.05) is 29.3 Å². The first-order chi connectivity index (χ1) is 10.0. The summed E-state index contributed by atoms with van der Waals surface area (Å²) < 4.78 is 6.35. The van der Waals surface area contributed by atoms with Crippen LogP contribution < -0.4 is 10.1 Å². The molecule has 2 N–H and O–H groups in total. The molecule has 0 saturated carbocycles. The third-order valence-electron chi connectivity index (χ3n) is 2.92. The molecule has 0 amide bonds. The average Bonchev–Trinajstić information content (AvgIpc) is 2.48. The van der Waals surface area contributed by atoms with Gasteiger partial charge in [0.1, 0.15) is 18.5 Å². The van der Waals surface area contributed by atoms with Crippen molar-refractivity contribution in [1.82, 2.24) is 0 Å². The van der Waals surface area contributed by atoms with Gasteiger partial charge in [0.25, 0.3) is 0 Å². The minimum absolute atomic E-state index is 0.241. The Morgan fingerprint density at radius 1 is 1.24 bits per heavy atom. The van der Waals surface area contributed by atoms with E-state index >= 15 is 0 Å². The fourth-order valence-corrected chi connectivity index (χ4v) is 2.22. The second-order valence-electron chi connectivity index (χ2n) is 4.79. The lowest BCUT2D eigenvalue weighted by molar-refractivity contribution is 0.117. The molecule has 0 spiro atoms. The van der Waals surface area contributed by atoms with Crippen molar-refractivity contribution in [3.63, 3.8) is 0 Å². The molecule has 1 unspecified atom stereocenters. The van der Waals surface area contributed by atoms with Crippen LogP contribution in [0.4, 0.5) is 5.69 Å². The van der Waals surface area contributed by atoms with Gasteiger partial charge in [0, 0.05) is 16.7 Å². The summed E-state index contributed by atoms with van der Waals surface area (Å²) in [5.41, 5.74) is 2.07. The van der Waals surface area contributed by atoms with Crippen LogP contribution in [-0.4, -0.2) is 24.4 Å². The molecule has 5 heteroatoms. The van der Waals surface area contributed by atoms with E-state index in [1.165, 1.54) is 5.56 Å². The van der Waals surface area contributed by atoms with E-state index in [9.17, 15) is 5.11 Å². The largest absolute Gasteiger partial charge is 0.491 e. The number of halogens is 2. The van der Waals surface area contributed by atoms with Crippen LogP contribution in [0.15, 0.2) is 46.9 Å². The van der Waals surface area contributed by atoms with Crippen molar-refractivity contribution in [1.29, 1.82) is 0 Å². The molecule has 0 aromatic heterocycles. The number of hydrogen-bond donors (Lipinski definition) is 2. The second-order valence-corrected chi connectivity index (χ2v) is 6.05. The molecule has 3 nitrogen and oxygen atoms in total. The van der Waals surface area contributed by atoms with E-state index in [1.54, 1.807) is 6.07 Å². The number of rotatable bonds is 6. The highest BCUT2D eigenvalue weighted by Crippen LogP contribution is 2.25. The number of benzene rings is 2. The lowest BCUT2D eigenvalue weighted by Crippen LogP contribution is -2.26. The zero-order valence-electron chi connectivity index (χ0n) is 11.6. The van der Waals surface area contributed by atoms with Gasteiger partial charge in [-0.05, 0) is 53.2 Å². The quantitative estimate of drug-likeness (QED) is 0.798. The predicted molar refractivity (Wildman–Crippen MR) is 90.3 cm³/mol. The van der Waals surface area contributed by atoms with Gasteiger partial charge >= 0.3 is 0 Å². The van der Waals surface area contributed by atoms with Crippen LogP contribution in [-0.2, 0) is 0 Å². The number of aliphatic hydroxyl groups excluding tert-OH is 1. The van der Waals surface area contributed by atoms with Crippen molar-refractivity contribution >= 4 is 33.2 Å². The maximum Gasteiger partial charge on any atom is 0.119 e. The second kappa shape index (κ2) is 7.69. The van der Waals surface area contributed by atoms with E-state index in [4.69, 9.17) is 16.3 Å². The van der Waals surface area contributed by atoms with Crippen molar-refractivity contribution in [2.45, 2.75) is 13.0 Å².